The van der Waals surface area contributed by atoms with E-state index in [-0.39, 0.29) is 11.4 Å². The molecule has 2 aromatic heterocycles. The van der Waals surface area contributed by atoms with Gasteiger partial charge in [0.2, 0.25) is 0 Å². The summed E-state index contributed by atoms with van der Waals surface area (Å²) in [6.07, 6.45) is 1.98. The molecule has 0 aliphatic carbocycles. The first kappa shape index (κ1) is 21.4. The Morgan fingerprint density at radius 3 is 2.85 bits per heavy atom. The summed E-state index contributed by atoms with van der Waals surface area (Å²) in [6.45, 7) is 2.33. The average molecular weight is 449 g/mol. The van der Waals surface area contributed by atoms with Gasteiger partial charge in [-0.1, -0.05) is 17.3 Å². The van der Waals surface area contributed by atoms with Crippen LogP contribution in [-0.4, -0.2) is 56.8 Å². The van der Waals surface area contributed by atoms with Crippen LogP contribution in [0.5, 0.6) is 0 Å². The van der Waals surface area contributed by atoms with Gasteiger partial charge in [0.15, 0.2) is 0 Å². The van der Waals surface area contributed by atoms with E-state index in [1.165, 1.54) is 18.2 Å². The summed E-state index contributed by atoms with van der Waals surface area (Å²) in [4.78, 5) is 17.3. The minimum Gasteiger partial charge on any atom is -0.384 e. The number of nitrogens with one attached hydrogen (secondary N) is 1. The number of aromatic amines is 1. The third-order valence-corrected chi connectivity index (χ3v) is 6.10. The van der Waals surface area contributed by atoms with E-state index in [1.807, 2.05) is 29.2 Å². The number of fused-ring (bicyclic) bond motifs is 1. The summed E-state index contributed by atoms with van der Waals surface area (Å²) >= 11 is 0. The predicted molar refractivity (Wildman–Crippen MR) is 121 cm³/mol. The van der Waals surface area contributed by atoms with Crippen molar-refractivity contribution < 1.29 is 14.2 Å². The highest BCUT2D eigenvalue weighted by atomic mass is 19.1. The van der Waals surface area contributed by atoms with Gasteiger partial charge in [-0.05, 0) is 54.3 Å². The largest absolute Gasteiger partial charge is 0.384 e. The molecule has 2 aromatic carbocycles. The molecule has 2 atom stereocenters. The number of aliphatic hydroxyl groups excluding tert-OH is 1. The van der Waals surface area contributed by atoms with Crippen LogP contribution in [0.25, 0.3) is 27.8 Å². The Bertz CT molecular complexity index is 1330. The van der Waals surface area contributed by atoms with Crippen LogP contribution in [0.2, 0.25) is 0 Å². The molecule has 0 spiro atoms. The molecule has 1 fully saturated rings. The number of aliphatic hydroxyl groups is 1. The third kappa shape index (κ3) is 4.30. The summed E-state index contributed by atoms with van der Waals surface area (Å²) in [5.74, 6) is 0.0572. The fraction of sp³-hybridized carbons (Fsp3) is 0.292. The van der Waals surface area contributed by atoms with E-state index in [0.717, 1.165) is 30.8 Å². The number of benzene rings is 2. The summed E-state index contributed by atoms with van der Waals surface area (Å²) in [5, 5.41) is 19.6. The third-order valence-electron chi connectivity index (χ3n) is 6.10. The van der Waals surface area contributed by atoms with Gasteiger partial charge in [0.1, 0.15) is 17.7 Å². The van der Waals surface area contributed by atoms with E-state index in [4.69, 9.17) is 4.74 Å². The van der Waals surface area contributed by atoms with Crippen LogP contribution in [0.4, 0.5) is 4.39 Å². The molecule has 1 aliphatic heterocycles. The first-order valence-corrected chi connectivity index (χ1v) is 10.8. The van der Waals surface area contributed by atoms with Gasteiger partial charge in [-0.15, -0.1) is 5.10 Å². The number of nitrogens with zero attached hydrogens (tertiary/aromatic N) is 4. The zero-order valence-electron chi connectivity index (χ0n) is 18.1. The Morgan fingerprint density at radius 1 is 1.24 bits per heavy atom. The van der Waals surface area contributed by atoms with E-state index in [1.54, 1.807) is 24.1 Å². The van der Waals surface area contributed by atoms with E-state index in [0.29, 0.717) is 34.7 Å². The predicted octanol–water partition coefficient (Wildman–Crippen LogP) is 2.87. The van der Waals surface area contributed by atoms with Gasteiger partial charge in [-0.2, -0.15) is 0 Å². The molecule has 8 nitrogen and oxygen atoms in total. The number of methoxy groups -OCH3 is 1. The Balaban J connectivity index is 1.36. The first-order valence-electron chi connectivity index (χ1n) is 10.8. The van der Waals surface area contributed by atoms with Gasteiger partial charge >= 0.3 is 0 Å². The molecular weight excluding hydrogens is 425 g/mol. The van der Waals surface area contributed by atoms with Crippen LogP contribution in [-0.2, 0) is 4.74 Å². The molecule has 0 radical (unpaired) electrons. The van der Waals surface area contributed by atoms with E-state index >= 15 is 0 Å². The number of pyridine rings is 1. The minimum atomic E-state index is -0.677. The number of aromatic nitrogens is 4. The monoisotopic (exact) mass is 449 g/mol. The van der Waals surface area contributed by atoms with E-state index < -0.39 is 6.23 Å². The van der Waals surface area contributed by atoms with Crippen molar-refractivity contribution in [3.8, 4) is 16.9 Å². The summed E-state index contributed by atoms with van der Waals surface area (Å²) < 4.78 is 20.4. The first-order chi connectivity index (χ1) is 16.0. The van der Waals surface area contributed by atoms with Gasteiger partial charge in [0.05, 0.1) is 24.1 Å². The molecule has 5 rings (SSSR count). The quantitative estimate of drug-likeness (QED) is 0.470. The molecule has 1 unspecified atom stereocenters. The van der Waals surface area contributed by atoms with Gasteiger partial charge < -0.3 is 14.8 Å². The van der Waals surface area contributed by atoms with Crippen molar-refractivity contribution in [1.29, 1.82) is 0 Å². The minimum absolute atomic E-state index is 0.311. The number of likely N-dealkylation sites (tertiary alicyclic amines) is 1. The number of halogens is 1. The number of ether oxygens (including phenoxy) is 1. The molecule has 4 aromatic rings. The van der Waals surface area contributed by atoms with Crippen LogP contribution in [0.15, 0.2) is 59.5 Å². The number of hydrogen-bond acceptors (Lipinski definition) is 6. The lowest BCUT2D eigenvalue weighted by Gasteiger charge is -2.23. The SMILES string of the molecule is COC[C@H]1CCN(C(O)c2ccc(-n3cc(-c4cc5cc(F)ccc5[nH]c4=O)nn3)cc2)C1. The molecule has 0 saturated carbocycles. The van der Waals surface area contributed by atoms with Crippen LogP contribution in [0.3, 0.4) is 0 Å². The lowest BCUT2D eigenvalue weighted by molar-refractivity contribution is 0.0135. The second kappa shape index (κ2) is 8.86. The van der Waals surface area contributed by atoms with E-state index in [2.05, 4.69) is 15.3 Å². The average Bonchev–Trinajstić information content (AvgIpc) is 3.49. The molecule has 0 bridgehead atoms. The van der Waals surface area contributed by atoms with Crippen LogP contribution >= 0.6 is 0 Å². The molecule has 3 heterocycles. The van der Waals surface area contributed by atoms with Gasteiger partial charge in [0.25, 0.3) is 5.56 Å². The van der Waals surface area contributed by atoms with Crippen molar-refractivity contribution >= 4 is 10.9 Å². The Labute approximate surface area is 189 Å². The van der Waals surface area contributed by atoms with Crippen molar-refractivity contribution in [2.45, 2.75) is 12.6 Å². The van der Waals surface area contributed by atoms with Gasteiger partial charge in [-0.25, -0.2) is 9.07 Å². The zero-order valence-corrected chi connectivity index (χ0v) is 18.1. The molecule has 9 heteroatoms. The second-order valence-electron chi connectivity index (χ2n) is 8.36. The van der Waals surface area contributed by atoms with Crippen LogP contribution in [0.1, 0.15) is 18.2 Å². The molecular formula is C24H24FN5O3. The maximum absolute atomic E-state index is 13.6. The number of hydrogen-bond donors (Lipinski definition) is 2. The smallest absolute Gasteiger partial charge is 0.258 e. The van der Waals surface area contributed by atoms with E-state index in [9.17, 15) is 14.3 Å². The molecule has 33 heavy (non-hydrogen) atoms. The number of rotatable bonds is 6. The highest BCUT2D eigenvalue weighted by Crippen LogP contribution is 2.27. The van der Waals surface area contributed by atoms with Gasteiger partial charge in [-0.3, -0.25) is 9.69 Å². The number of H-pyrrole nitrogens is 1. The molecule has 0 amide bonds. The normalized spacial score (nSPS) is 17.6. The molecule has 1 aliphatic rings. The lowest BCUT2D eigenvalue weighted by atomic mass is 10.1. The van der Waals surface area contributed by atoms with Crippen LogP contribution < -0.4 is 5.56 Å². The van der Waals surface area contributed by atoms with Gasteiger partial charge in [0, 0.05) is 31.1 Å². The Kier molecular flexibility index (Phi) is 5.76. The fourth-order valence-electron chi connectivity index (χ4n) is 4.35. The van der Waals surface area contributed by atoms with Crippen molar-refractivity contribution in [3.05, 3.63) is 76.5 Å². The molecule has 170 valence electrons. The fourth-order valence-corrected chi connectivity index (χ4v) is 4.35. The highest BCUT2D eigenvalue weighted by molar-refractivity contribution is 5.82. The van der Waals surface area contributed by atoms with Crippen molar-refractivity contribution in [2.24, 2.45) is 5.92 Å². The molecule has 2 N–H and O–H groups in total. The highest BCUT2D eigenvalue weighted by Gasteiger charge is 2.27. The zero-order chi connectivity index (χ0) is 22.9. The topological polar surface area (TPSA) is 96.3 Å². The summed E-state index contributed by atoms with van der Waals surface area (Å²) in [6, 6.07) is 13.2. The maximum atomic E-state index is 13.6. The van der Waals surface area contributed by atoms with Crippen molar-refractivity contribution in [2.75, 3.05) is 26.8 Å². The summed E-state index contributed by atoms with van der Waals surface area (Å²) in [7, 11) is 1.70. The summed E-state index contributed by atoms with van der Waals surface area (Å²) in [5.41, 5.74) is 2.46. The Hall–Kier alpha value is -3.40. The lowest BCUT2D eigenvalue weighted by Crippen LogP contribution is -2.27. The second-order valence-corrected chi connectivity index (χ2v) is 8.36. The maximum Gasteiger partial charge on any atom is 0.258 e. The van der Waals surface area contributed by atoms with Crippen molar-refractivity contribution in [1.82, 2.24) is 24.9 Å². The molecule has 1 saturated heterocycles. The standard InChI is InChI=1S/C24H24FN5O3/c1-33-14-15-8-9-29(12-15)24(32)16-2-5-19(6-3-16)30-13-22(27-28-30)20-11-17-10-18(25)4-7-21(17)26-23(20)31/h2-7,10-11,13,15,24,32H,8-9,12,14H2,1H3,(H,26,31)/t15-,24?/m0/s1. The van der Waals surface area contributed by atoms with Crippen LogP contribution in [0, 0.1) is 11.7 Å². The van der Waals surface area contributed by atoms with Crippen molar-refractivity contribution in [3.63, 3.8) is 0 Å². The Morgan fingerprint density at radius 2 is 2.06 bits per heavy atom.